The van der Waals surface area contributed by atoms with Crippen molar-refractivity contribution in [2.24, 2.45) is 0 Å². The lowest BCUT2D eigenvalue weighted by Gasteiger charge is -2.48. The SMILES string of the molecule is c1ccc2c(c1)Oc1c(ccc3sc4ccccc4c13)C21c2ccccc2N(c2ccc3c(c2)[Si]2(c4ccccc4-c4ccccc42)c2ccccc2-3)c2ccccc21. The normalized spacial score (nSPS) is 15.2. The first-order chi connectivity index (χ1) is 29.3. The van der Waals surface area contributed by atoms with Crippen LogP contribution in [0, 0.1) is 0 Å². The molecule has 274 valence electrons. The number of nitrogens with zero attached hydrogens (tertiary/aromatic N) is 1. The van der Waals surface area contributed by atoms with E-state index in [2.05, 4.69) is 205 Å². The number of rotatable bonds is 1. The minimum Gasteiger partial charge on any atom is -0.456 e. The number of hydrogen-bond donors (Lipinski definition) is 0. The molecule has 5 heterocycles. The number of anilines is 3. The van der Waals surface area contributed by atoms with Gasteiger partial charge in [-0.25, -0.2) is 0 Å². The smallest absolute Gasteiger partial charge is 0.182 e. The first-order valence-corrected chi connectivity index (χ1v) is 23.2. The van der Waals surface area contributed by atoms with E-state index in [4.69, 9.17) is 4.74 Å². The molecule has 0 radical (unpaired) electrons. The van der Waals surface area contributed by atoms with Gasteiger partial charge in [-0.15, -0.1) is 11.3 Å². The number of benzene rings is 9. The van der Waals surface area contributed by atoms with Gasteiger partial charge in [0.05, 0.1) is 16.8 Å². The van der Waals surface area contributed by atoms with Crippen LogP contribution < -0.4 is 30.4 Å². The molecule has 1 aromatic heterocycles. The topological polar surface area (TPSA) is 12.5 Å². The molecule has 0 bridgehead atoms. The molecule has 0 fully saturated rings. The number of para-hydroxylation sites is 3. The first kappa shape index (κ1) is 32.0. The largest absolute Gasteiger partial charge is 0.456 e. The highest BCUT2D eigenvalue weighted by molar-refractivity contribution is 7.26. The van der Waals surface area contributed by atoms with E-state index in [1.54, 1.807) is 0 Å². The Morgan fingerprint density at radius 1 is 0.424 bits per heavy atom. The first-order valence-electron chi connectivity index (χ1n) is 20.4. The zero-order chi connectivity index (χ0) is 38.5. The number of thiophene rings is 1. The van der Waals surface area contributed by atoms with Crippen molar-refractivity contribution in [1.82, 2.24) is 0 Å². The summed E-state index contributed by atoms with van der Waals surface area (Å²) in [4.78, 5) is 2.55. The molecule has 0 aliphatic carbocycles. The van der Waals surface area contributed by atoms with Crippen molar-refractivity contribution in [2.75, 3.05) is 4.90 Å². The molecule has 59 heavy (non-hydrogen) atoms. The van der Waals surface area contributed by atoms with Gasteiger partial charge in [0.15, 0.2) is 8.07 Å². The summed E-state index contributed by atoms with van der Waals surface area (Å²) in [5.41, 5.74) is 13.3. The van der Waals surface area contributed by atoms with E-state index in [1.165, 1.54) is 102 Å². The van der Waals surface area contributed by atoms with Gasteiger partial charge in [-0.1, -0.05) is 158 Å². The summed E-state index contributed by atoms with van der Waals surface area (Å²) < 4.78 is 9.63. The lowest BCUT2D eigenvalue weighted by atomic mass is 9.61. The van der Waals surface area contributed by atoms with Crippen LogP contribution in [0.2, 0.25) is 0 Å². The zero-order valence-corrected chi connectivity index (χ0v) is 33.6. The fraction of sp³-hybridized carbons (Fsp3) is 0.0182. The van der Waals surface area contributed by atoms with Crippen LogP contribution in [-0.2, 0) is 5.41 Å². The minimum absolute atomic E-state index is 0.628. The number of ether oxygens (including phenoxy) is 1. The van der Waals surface area contributed by atoms with Crippen molar-refractivity contribution in [2.45, 2.75) is 5.41 Å². The third kappa shape index (κ3) is 3.78. The molecule has 0 unspecified atom stereocenters. The van der Waals surface area contributed by atoms with Crippen molar-refractivity contribution in [3.8, 4) is 33.8 Å². The standard InChI is InChI=1S/C55H33NOSSi/c1-11-25-47-39(18-1)53-48(58-47)32-31-43-54(53)57-46-24-10-7-21-42(46)55(43)40-19-5-8-22-44(40)56(45-23-9-6-20-41(45)55)34-29-30-38-37-17-4-14-28-51(37)59(52(38)33-34)49-26-12-2-15-35(49)36-16-3-13-27-50(36)59/h1-33H. The second-order valence-corrected chi connectivity index (χ2v) is 21.0. The van der Waals surface area contributed by atoms with Gasteiger partial charge in [0.2, 0.25) is 0 Å². The second-order valence-electron chi connectivity index (χ2n) is 16.2. The molecular weight excluding hydrogens is 751 g/mol. The van der Waals surface area contributed by atoms with Crippen molar-refractivity contribution >= 4 is 77.4 Å². The fourth-order valence-electron chi connectivity index (χ4n) is 11.6. The molecule has 0 saturated heterocycles. The molecule has 0 atom stereocenters. The summed E-state index contributed by atoms with van der Waals surface area (Å²) in [7, 11) is -2.65. The second kappa shape index (κ2) is 11.4. The Bertz CT molecular complexity index is 3360. The van der Waals surface area contributed by atoms with Crippen molar-refractivity contribution in [3.05, 3.63) is 222 Å². The molecule has 14 rings (SSSR count). The highest BCUT2D eigenvalue weighted by atomic mass is 32.1. The van der Waals surface area contributed by atoms with Crippen LogP contribution in [0.5, 0.6) is 11.5 Å². The molecule has 4 heteroatoms. The maximum atomic E-state index is 7.12. The van der Waals surface area contributed by atoms with E-state index in [-0.39, 0.29) is 0 Å². The molecule has 2 nitrogen and oxygen atoms in total. The molecule has 9 aromatic carbocycles. The molecule has 10 aromatic rings. The van der Waals surface area contributed by atoms with E-state index in [0.29, 0.717) is 0 Å². The highest BCUT2D eigenvalue weighted by Gasteiger charge is 2.55. The third-order valence-electron chi connectivity index (χ3n) is 13.7. The average molecular weight is 784 g/mol. The van der Waals surface area contributed by atoms with Gasteiger partial charge < -0.3 is 9.64 Å². The van der Waals surface area contributed by atoms with Gasteiger partial charge >= 0.3 is 0 Å². The number of fused-ring (bicyclic) bond motifs is 22. The van der Waals surface area contributed by atoms with Gasteiger partial charge in [-0.3, -0.25) is 0 Å². The van der Waals surface area contributed by atoms with Gasteiger partial charge in [0.1, 0.15) is 11.5 Å². The average Bonchev–Trinajstić information content (AvgIpc) is 3.93. The minimum atomic E-state index is -2.65. The summed E-state index contributed by atoms with van der Waals surface area (Å²) in [6.45, 7) is 0. The Hall–Kier alpha value is -6.98. The van der Waals surface area contributed by atoms with Crippen LogP contribution in [0.3, 0.4) is 0 Å². The molecule has 4 aliphatic heterocycles. The highest BCUT2D eigenvalue weighted by Crippen LogP contribution is 2.64. The number of hydrogen-bond acceptors (Lipinski definition) is 3. The summed E-state index contributed by atoms with van der Waals surface area (Å²) in [6, 6.07) is 75.4. The summed E-state index contributed by atoms with van der Waals surface area (Å²) in [5, 5.41) is 8.38. The summed E-state index contributed by atoms with van der Waals surface area (Å²) in [6.07, 6.45) is 0. The lowest BCUT2D eigenvalue weighted by Crippen LogP contribution is -2.70. The third-order valence-corrected chi connectivity index (χ3v) is 19.8. The Labute approximate surface area is 346 Å². The molecular formula is C55H33NOSSi. The summed E-state index contributed by atoms with van der Waals surface area (Å²) >= 11 is 1.84. The van der Waals surface area contributed by atoms with Gasteiger partial charge in [0.25, 0.3) is 0 Å². The van der Waals surface area contributed by atoms with Crippen molar-refractivity contribution in [3.63, 3.8) is 0 Å². The molecule has 0 N–H and O–H groups in total. The van der Waals surface area contributed by atoms with E-state index < -0.39 is 13.5 Å². The van der Waals surface area contributed by atoms with E-state index >= 15 is 0 Å². The molecule has 4 aliphatic rings. The quantitative estimate of drug-likeness (QED) is 0.154. The summed E-state index contributed by atoms with van der Waals surface area (Å²) in [5.74, 6) is 1.86. The maximum Gasteiger partial charge on any atom is 0.182 e. The van der Waals surface area contributed by atoms with E-state index in [0.717, 1.165) is 11.5 Å². The van der Waals surface area contributed by atoms with Crippen LogP contribution in [0.25, 0.3) is 42.4 Å². The predicted octanol–water partition coefficient (Wildman–Crippen LogP) is 11.7. The van der Waals surface area contributed by atoms with Crippen LogP contribution >= 0.6 is 11.3 Å². The van der Waals surface area contributed by atoms with Crippen LogP contribution in [0.4, 0.5) is 17.1 Å². The Morgan fingerprint density at radius 3 is 1.64 bits per heavy atom. The maximum absolute atomic E-state index is 7.12. The van der Waals surface area contributed by atoms with Crippen LogP contribution in [-0.4, -0.2) is 8.07 Å². The van der Waals surface area contributed by atoms with Crippen molar-refractivity contribution < 1.29 is 4.74 Å². The molecule has 0 saturated carbocycles. The van der Waals surface area contributed by atoms with Gasteiger partial charge in [-0.2, -0.15) is 0 Å². The van der Waals surface area contributed by atoms with Crippen LogP contribution in [0.15, 0.2) is 200 Å². The lowest BCUT2D eigenvalue weighted by molar-refractivity contribution is 0.439. The van der Waals surface area contributed by atoms with Crippen LogP contribution in [0.1, 0.15) is 22.3 Å². The molecule has 2 spiro atoms. The Balaban J connectivity index is 1.07. The monoisotopic (exact) mass is 783 g/mol. The van der Waals surface area contributed by atoms with E-state index in [9.17, 15) is 0 Å². The van der Waals surface area contributed by atoms with Gasteiger partial charge in [0, 0.05) is 37.0 Å². The fourth-order valence-corrected chi connectivity index (χ4v) is 18.4. The zero-order valence-electron chi connectivity index (χ0n) is 31.8. The Morgan fingerprint density at radius 2 is 0.966 bits per heavy atom. The molecule has 0 amide bonds. The Kier molecular flexibility index (Phi) is 6.16. The van der Waals surface area contributed by atoms with Crippen molar-refractivity contribution in [1.29, 1.82) is 0 Å². The van der Waals surface area contributed by atoms with Gasteiger partial charge in [-0.05, 0) is 96.6 Å². The van der Waals surface area contributed by atoms with E-state index in [1.807, 2.05) is 11.3 Å². The predicted molar refractivity (Wildman–Crippen MR) is 248 cm³/mol.